The van der Waals surface area contributed by atoms with Crippen LogP contribution in [0.3, 0.4) is 0 Å². The number of carbonyl (C=O) groups is 1. The molecule has 4 nitrogen and oxygen atoms in total. The first-order valence-electron chi connectivity index (χ1n) is 9.45. The SMILES string of the molecule is CC.CCCC(C)/C(C)=C/C=C(\C)NC(=O)N1Cc2cc(F)cnc2C1. The van der Waals surface area contributed by atoms with Crippen LogP contribution in [0.5, 0.6) is 0 Å². The second kappa shape index (κ2) is 10.7. The highest BCUT2D eigenvalue weighted by molar-refractivity contribution is 5.76. The molecule has 144 valence electrons. The van der Waals surface area contributed by atoms with Gasteiger partial charge in [0.05, 0.1) is 18.4 Å². The number of fused-ring (bicyclic) bond motifs is 1. The molecule has 0 aliphatic carbocycles. The molecule has 5 heteroatoms. The van der Waals surface area contributed by atoms with Gasteiger partial charge < -0.3 is 10.2 Å². The molecule has 0 bridgehead atoms. The Hall–Kier alpha value is -2.17. The van der Waals surface area contributed by atoms with Gasteiger partial charge in [-0.2, -0.15) is 0 Å². The van der Waals surface area contributed by atoms with Crippen molar-refractivity contribution in [3.63, 3.8) is 0 Å². The van der Waals surface area contributed by atoms with E-state index in [-0.39, 0.29) is 11.8 Å². The van der Waals surface area contributed by atoms with Crippen molar-refractivity contribution in [2.75, 3.05) is 0 Å². The van der Waals surface area contributed by atoms with Gasteiger partial charge in [-0.25, -0.2) is 9.18 Å². The average Bonchev–Trinajstić information content (AvgIpc) is 3.04. The fourth-order valence-electron chi connectivity index (χ4n) is 2.75. The van der Waals surface area contributed by atoms with Gasteiger partial charge in [0, 0.05) is 12.2 Å². The molecular weight excluding hydrogens is 329 g/mol. The zero-order valence-corrected chi connectivity index (χ0v) is 16.9. The van der Waals surface area contributed by atoms with E-state index in [1.165, 1.54) is 17.8 Å². The van der Waals surface area contributed by atoms with E-state index < -0.39 is 0 Å². The van der Waals surface area contributed by atoms with Gasteiger partial charge in [0.25, 0.3) is 0 Å². The lowest BCUT2D eigenvalue weighted by molar-refractivity contribution is 0.201. The Morgan fingerprint density at radius 2 is 2.04 bits per heavy atom. The van der Waals surface area contributed by atoms with Crippen molar-refractivity contribution in [3.05, 3.63) is 52.8 Å². The molecule has 0 fully saturated rings. The van der Waals surface area contributed by atoms with Crippen LogP contribution in [-0.4, -0.2) is 15.9 Å². The summed E-state index contributed by atoms with van der Waals surface area (Å²) in [6, 6.07) is 1.26. The summed E-state index contributed by atoms with van der Waals surface area (Å²) in [7, 11) is 0. The van der Waals surface area contributed by atoms with Crippen LogP contribution < -0.4 is 5.32 Å². The number of nitrogens with zero attached hydrogens (tertiary/aromatic N) is 2. The van der Waals surface area contributed by atoms with Gasteiger partial charge in [-0.3, -0.25) is 4.98 Å². The van der Waals surface area contributed by atoms with Crippen LogP contribution >= 0.6 is 0 Å². The first kappa shape index (κ1) is 21.9. The number of nitrogens with one attached hydrogen (secondary N) is 1. The molecule has 1 N–H and O–H groups in total. The van der Waals surface area contributed by atoms with Gasteiger partial charge in [0.15, 0.2) is 0 Å². The van der Waals surface area contributed by atoms with E-state index in [0.717, 1.165) is 29.8 Å². The fourth-order valence-corrected chi connectivity index (χ4v) is 2.75. The minimum absolute atomic E-state index is 0.185. The van der Waals surface area contributed by atoms with Crippen LogP contribution in [0.4, 0.5) is 9.18 Å². The number of halogens is 1. The molecule has 2 heterocycles. The highest BCUT2D eigenvalue weighted by Gasteiger charge is 2.24. The van der Waals surface area contributed by atoms with E-state index in [1.54, 1.807) is 4.90 Å². The predicted octanol–water partition coefficient (Wildman–Crippen LogP) is 5.56. The third-order valence-corrected chi connectivity index (χ3v) is 4.41. The maximum absolute atomic E-state index is 13.2. The molecule has 1 aromatic rings. The van der Waals surface area contributed by atoms with Crippen molar-refractivity contribution >= 4 is 6.03 Å². The molecule has 1 atom stereocenters. The summed E-state index contributed by atoms with van der Waals surface area (Å²) in [5, 5.41) is 2.88. The van der Waals surface area contributed by atoms with Crippen LogP contribution in [-0.2, 0) is 13.1 Å². The molecule has 1 aromatic heterocycles. The molecule has 2 amide bonds. The highest BCUT2D eigenvalue weighted by Crippen LogP contribution is 2.21. The Morgan fingerprint density at radius 3 is 2.69 bits per heavy atom. The van der Waals surface area contributed by atoms with Crippen molar-refractivity contribution in [2.45, 2.75) is 67.5 Å². The molecule has 26 heavy (non-hydrogen) atoms. The van der Waals surface area contributed by atoms with E-state index in [4.69, 9.17) is 0 Å². The lowest BCUT2D eigenvalue weighted by Crippen LogP contribution is -2.35. The number of allylic oxidation sites excluding steroid dienone is 4. The molecule has 0 saturated carbocycles. The Balaban J connectivity index is 0.00000163. The van der Waals surface area contributed by atoms with Crippen molar-refractivity contribution < 1.29 is 9.18 Å². The number of urea groups is 1. The number of aromatic nitrogens is 1. The molecule has 1 aliphatic rings. The van der Waals surface area contributed by atoms with Gasteiger partial charge in [-0.15, -0.1) is 0 Å². The maximum Gasteiger partial charge on any atom is 0.322 e. The average molecular weight is 362 g/mol. The van der Waals surface area contributed by atoms with Crippen molar-refractivity contribution in [1.29, 1.82) is 0 Å². The van der Waals surface area contributed by atoms with E-state index >= 15 is 0 Å². The summed E-state index contributed by atoms with van der Waals surface area (Å²) in [5.74, 6) is 0.178. The van der Waals surface area contributed by atoms with E-state index in [9.17, 15) is 9.18 Å². The van der Waals surface area contributed by atoms with Gasteiger partial charge >= 0.3 is 6.03 Å². The van der Waals surface area contributed by atoms with Crippen LogP contribution in [0.15, 0.2) is 35.7 Å². The minimum atomic E-state index is -0.367. The van der Waals surface area contributed by atoms with E-state index in [1.807, 2.05) is 26.8 Å². The number of rotatable bonds is 5. The van der Waals surface area contributed by atoms with Crippen LogP contribution in [0.25, 0.3) is 0 Å². The number of hydrogen-bond donors (Lipinski definition) is 1. The summed E-state index contributed by atoms with van der Waals surface area (Å²) in [4.78, 5) is 18.0. The fraction of sp³-hybridized carbons (Fsp3) is 0.524. The lowest BCUT2D eigenvalue weighted by Gasteiger charge is -2.16. The quantitative estimate of drug-likeness (QED) is 0.698. The molecule has 2 rings (SSSR count). The number of amides is 2. The zero-order chi connectivity index (χ0) is 19.7. The standard InChI is InChI=1S/C19H26FN3O.C2H6/c1-5-6-13(2)14(3)7-8-15(4)22-19(24)23-11-16-9-17(20)10-21-18(16)12-23;1-2/h7-10,13H,5-6,11-12H2,1-4H3,(H,22,24);1-2H3/b14-7+,15-8+;. The van der Waals surface area contributed by atoms with E-state index in [2.05, 4.69) is 37.1 Å². The summed E-state index contributed by atoms with van der Waals surface area (Å²) < 4.78 is 13.2. The molecule has 1 unspecified atom stereocenters. The first-order chi connectivity index (χ1) is 12.4. The molecule has 0 spiro atoms. The molecule has 0 radical (unpaired) electrons. The summed E-state index contributed by atoms with van der Waals surface area (Å²) in [6.45, 7) is 13.2. The monoisotopic (exact) mass is 361 g/mol. The number of pyridine rings is 1. The third kappa shape index (κ3) is 6.28. The van der Waals surface area contributed by atoms with Gasteiger partial charge in [-0.05, 0) is 43.9 Å². The molecule has 0 aromatic carbocycles. The topological polar surface area (TPSA) is 45.2 Å². The van der Waals surface area contributed by atoms with Gasteiger partial charge in [0.1, 0.15) is 5.82 Å². The van der Waals surface area contributed by atoms with Crippen molar-refractivity contribution in [1.82, 2.24) is 15.2 Å². The van der Waals surface area contributed by atoms with Crippen LogP contribution in [0, 0.1) is 11.7 Å². The first-order valence-corrected chi connectivity index (χ1v) is 9.45. The van der Waals surface area contributed by atoms with Crippen LogP contribution in [0.2, 0.25) is 0 Å². The Morgan fingerprint density at radius 1 is 1.35 bits per heavy atom. The maximum atomic E-state index is 13.2. The largest absolute Gasteiger partial charge is 0.322 e. The summed E-state index contributed by atoms with van der Waals surface area (Å²) in [5.41, 5.74) is 3.63. The third-order valence-electron chi connectivity index (χ3n) is 4.41. The minimum Gasteiger partial charge on any atom is -0.314 e. The molecular formula is C21H32FN3O. The van der Waals surface area contributed by atoms with Gasteiger partial charge in [-0.1, -0.05) is 45.8 Å². The summed E-state index contributed by atoms with van der Waals surface area (Å²) in [6.07, 6.45) is 7.51. The molecule has 0 saturated heterocycles. The Bertz CT molecular complexity index is 667. The number of hydrogen-bond acceptors (Lipinski definition) is 2. The lowest BCUT2D eigenvalue weighted by atomic mass is 9.97. The predicted molar refractivity (Wildman–Crippen MR) is 105 cm³/mol. The summed E-state index contributed by atoms with van der Waals surface area (Å²) >= 11 is 0. The molecule has 1 aliphatic heterocycles. The second-order valence-corrected chi connectivity index (χ2v) is 6.50. The Labute approximate surface area is 157 Å². The van der Waals surface area contributed by atoms with Crippen molar-refractivity contribution in [3.8, 4) is 0 Å². The smallest absolute Gasteiger partial charge is 0.314 e. The second-order valence-electron chi connectivity index (χ2n) is 6.50. The highest BCUT2D eigenvalue weighted by atomic mass is 19.1. The van der Waals surface area contributed by atoms with E-state index in [0.29, 0.717) is 19.0 Å². The zero-order valence-electron chi connectivity index (χ0n) is 16.9. The number of carbonyl (C=O) groups excluding carboxylic acids is 1. The Kier molecular flexibility index (Phi) is 9.03. The normalized spacial score (nSPS) is 15.1. The van der Waals surface area contributed by atoms with Crippen LogP contribution in [0.1, 0.15) is 65.6 Å². The van der Waals surface area contributed by atoms with Gasteiger partial charge in [0.2, 0.25) is 0 Å². The van der Waals surface area contributed by atoms with Crippen molar-refractivity contribution in [2.24, 2.45) is 5.92 Å².